The number of hydrogen-bond donors (Lipinski definition) is 2. The molecule has 3 rings (SSSR count). The van der Waals surface area contributed by atoms with E-state index in [9.17, 15) is 9.90 Å². The normalized spacial score (nSPS) is 15.9. The highest BCUT2D eigenvalue weighted by atomic mass is 35.5. The molecule has 1 saturated heterocycles. The molecule has 0 spiro atoms. The first-order valence-electron chi connectivity index (χ1n) is 8.66. The van der Waals surface area contributed by atoms with Gasteiger partial charge in [0.2, 0.25) is 0 Å². The molecule has 0 saturated carbocycles. The fourth-order valence-electron chi connectivity index (χ4n) is 3.07. The second kappa shape index (κ2) is 8.48. The zero-order chi connectivity index (χ0) is 17.6. The van der Waals surface area contributed by atoms with E-state index < -0.39 is 0 Å². The van der Waals surface area contributed by atoms with Crippen molar-refractivity contribution in [2.75, 3.05) is 25.0 Å². The van der Waals surface area contributed by atoms with Crippen LogP contribution in [-0.4, -0.2) is 41.7 Å². The second-order valence-electron chi connectivity index (χ2n) is 6.49. The molecule has 0 aliphatic carbocycles. The number of likely N-dealkylation sites (tertiary alicyclic amines) is 1. The van der Waals surface area contributed by atoms with E-state index >= 15 is 0 Å². The van der Waals surface area contributed by atoms with Crippen LogP contribution in [0.15, 0.2) is 48.5 Å². The van der Waals surface area contributed by atoms with Crippen LogP contribution in [0.3, 0.4) is 0 Å². The molecule has 5 heteroatoms. The minimum Gasteiger partial charge on any atom is -0.393 e. The summed E-state index contributed by atoms with van der Waals surface area (Å²) < 4.78 is 0. The van der Waals surface area contributed by atoms with Gasteiger partial charge in [0.1, 0.15) is 0 Å². The molecule has 0 atom stereocenters. The van der Waals surface area contributed by atoms with Gasteiger partial charge in [-0.2, -0.15) is 0 Å². The number of piperidine rings is 1. The molecule has 2 aromatic rings. The van der Waals surface area contributed by atoms with Crippen molar-refractivity contribution in [3.8, 4) is 0 Å². The highest BCUT2D eigenvalue weighted by Crippen LogP contribution is 2.17. The maximum Gasteiger partial charge on any atom is 0.255 e. The third-order valence-electron chi connectivity index (χ3n) is 4.55. The number of hydrogen-bond acceptors (Lipinski definition) is 3. The number of aliphatic hydroxyl groups is 1. The Labute approximate surface area is 153 Å². The Balaban J connectivity index is 1.58. The number of rotatable bonds is 5. The summed E-state index contributed by atoms with van der Waals surface area (Å²) in [5.41, 5.74) is 2.48. The SMILES string of the molecule is O=C(Nc1cccc(Cl)c1)c1cccc(CCN2CCC(O)CC2)c1. The van der Waals surface area contributed by atoms with Crippen molar-refractivity contribution in [3.05, 3.63) is 64.7 Å². The first-order chi connectivity index (χ1) is 12.1. The summed E-state index contributed by atoms with van der Waals surface area (Å²) in [6.07, 6.45) is 2.45. The van der Waals surface area contributed by atoms with Gasteiger partial charge >= 0.3 is 0 Å². The van der Waals surface area contributed by atoms with Gasteiger partial charge in [-0.3, -0.25) is 4.79 Å². The summed E-state index contributed by atoms with van der Waals surface area (Å²) in [5, 5.41) is 13.0. The van der Waals surface area contributed by atoms with Crippen LogP contribution < -0.4 is 5.32 Å². The topological polar surface area (TPSA) is 52.6 Å². The van der Waals surface area contributed by atoms with Gasteiger partial charge in [0, 0.05) is 35.9 Å². The molecular weight excluding hydrogens is 336 g/mol. The largest absolute Gasteiger partial charge is 0.393 e. The molecule has 0 aromatic heterocycles. The Morgan fingerprint density at radius 1 is 1.16 bits per heavy atom. The predicted octanol–water partition coefficient (Wildman–Crippen LogP) is 3.59. The summed E-state index contributed by atoms with van der Waals surface area (Å²) in [4.78, 5) is 14.8. The van der Waals surface area contributed by atoms with Gasteiger partial charge in [-0.25, -0.2) is 0 Å². The van der Waals surface area contributed by atoms with Crippen LogP contribution in [0.5, 0.6) is 0 Å². The van der Waals surface area contributed by atoms with E-state index in [0.717, 1.165) is 44.5 Å². The lowest BCUT2D eigenvalue weighted by molar-refractivity contribution is 0.0831. The number of benzene rings is 2. The average molecular weight is 359 g/mol. The van der Waals surface area contributed by atoms with E-state index in [1.165, 1.54) is 0 Å². The zero-order valence-electron chi connectivity index (χ0n) is 14.1. The van der Waals surface area contributed by atoms with Crippen LogP contribution in [0.4, 0.5) is 5.69 Å². The average Bonchev–Trinajstić information content (AvgIpc) is 2.61. The molecule has 0 radical (unpaired) electrons. The molecule has 1 aliphatic heterocycles. The van der Waals surface area contributed by atoms with Crippen LogP contribution in [-0.2, 0) is 6.42 Å². The van der Waals surface area contributed by atoms with E-state index in [2.05, 4.69) is 16.3 Å². The van der Waals surface area contributed by atoms with Gasteiger partial charge in [0.25, 0.3) is 5.91 Å². The fraction of sp³-hybridized carbons (Fsp3) is 0.350. The van der Waals surface area contributed by atoms with Crippen LogP contribution in [0.25, 0.3) is 0 Å². The standard InChI is InChI=1S/C20H23ClN2O2/c21-17-5-2-6-18(14-17)22-20(25)16-4-1-3-15(13-16)7-10-23-11-8-19(24)9-12-23/h1-6,13-14,19,24H,7-12H2,(H,22,25). The van der Waals surface area contributed by atoms with Gasteiger partial charge in [-0.15, -0.1) is 0 Å². The molecule has 0 bridgehead atoms. The number of halogens is 1. The van der Waals surface area contributed by atoms with Crippen LogP contribution in [0, 0.1) is 0 Å². The van der Waals surface area contributed by atoms with Crippen molar-refractivity contribution in [2.45, 2.75) is 25.4 Å². The van der Waals surface area contributed by atoms with E-state index in [1.807, 2.05) is 30.3 Å². The van der Waals surface area contributed by atoms with Crippen molar-refractivity contribution in [2.24, 2.45) is 0 Å². The Bertz CT molecular complexity index is 727. The quantitative estimate of drug-likeness (QED) is 0.858. The fourth-order valence-corrected chi connectivity index (χ4v) is 3.26. The lowest BCUT2D eigenvalue weighted by Crippen LogP contribution is -2.37. The summed E-state index contributed by atoms with van der Waals surface area (Å²) >= 11 is 5.95. The number of amides is 1. The van der Waals surface area contributed by atoms with E-state index in [4.69, 9.17) is 11.6 Å². The smallest absolute Gasteiger partial charge is 0.255 e. The van der Waals surface area contributed by atoms with E-state index in [1.54, 1.807) is 12.1 Å². The van der Waals surface area contributed by atoms with Crippen LogP contribution >= 0.6 is 11.6 Å². The molecule has 4 nitrogen and oxygen atoms in total. The second-order valence-corrected chi connectivity index (χ2v) is 6.92. The Morgan fingerprint density at radius 2 is 1.92 bits per heavy atom. The van der Waals surface area contributed by atoms with Gasteiger partial charge in [0.05, 0.1) is 6.10 Å². The van der Waals surface area contributed by atoms with Crippen molar-refractivity contribution in [1.82, 2.24) is 4.90 Å². The van der Waals surface area contributed by atoms with Crippen molar-refractivity contribution in [3.63, 3.8) is 0 Å². The molecule has 25 heavy (non-hydrogen) atoms. The van der Waals surface area contributed by atoms with Gasteiger partial charge in [-0.05, 0) is 55.2 Å². The first kappa shape index (κ1) is 17.9. The maximum absolute atomic E-state index is 12.4. The van der Waals surface area contributed by atoms with Crippen LogP contribution in [0.1, 0.15) is 28.8 Å². The van der Waals surface area contributed by atoms with Crippen molar-refractivity contribution >= 4 is 23.2 Å². The lowest BCUT2D eigenvalue weighted by Gasteiger charge is -2.29. The van der Waals surface area contributed by atoms with Crippen LogP contribution in [0.2, 0.25) is 5.02 Å². The molecule has 1 heterocycles. The zero-order valence-corrected chi connectivity index (χ0v) is 14.9. The summed E-state index contributed by atoms with van der Waals surface area (Å²) in [6.45, 7) is 2.83. The molecule has 2 aromatic carbocycles. The maximum atomic E-state index is 12.4. The van der Waals surface area contributed by atoms with Crippen molar-refractivity contribution in [1.29, 1.82) is 0 Å². The first-order valence-corrected chi connectivity index (χ1v) is 9.04. The number of carbonyl (C=O) groups excluding carboxylic acids is 1. The predicted molar refractivity (Wildman–Crippen MR) is 101 cm³/mol. The molecule has 2 N–H and O–H groups in total. The highest BCUT2D eigenvalue weighted by molar-refractivity contribution is 6.30. The van der Waals surface area contributed by atoms with E-state index in [-0.39, 0.29) is 12.0 Å². The summed E-state index contributed by atoms with van der Waals surface area (Å²) in [6, 6.07) is 14.9. The molecule has 1 fully saturated rings. The minimum atomic E-state index is -0.144. The number of aliphatic hydroxyl groups excluding tert-OH is 1. The molecular formula is C20H23ClN2O2. The molecule has 132 valence electrons. The number of nitrogens with one attached hydrogen (secondary N) is 1. The molecule has 1 aliphatic rings. The van der Waals surface area contributed by atoms with Gasteiger partial charge in [-0.1, -0.05) is 29.8 Å². The monoisotopic (exact) mass is 358 g/mol. The summed E-state index contributed by atoms with van der Waals surface area (Å²) in [5.74, 6) is -0.134. The lowest BCUT2D eigenvalue weighted by atomic mass is 10.0. The molecule has 0 unspecified atom stereocenters. The molecule has 1 amide bonds. The van der Waals surface area contributed by atoms with E-state index in [0.29, 0.717) is 16.3 Å². The van der Waals surface area contributed by atoms with Gasteiger partial charge in [0.15, 0.2) is 0 Å². The highest BCUT2D eigenvalue weighted by Gasteiger charge is 2.16. The van der Waals surface area contributed by atoms with Gasteiger partial charge < -0.3 is 15.3 Å². The third-order valence-corrected chi connectivity index (χ3v) is 4.78. The number of anilines is 1. The minimum absolute atomic E-state index is 0.134. The van der Waals surface area contributed by atoms with Crippen molar-refractivity contribution < 1.29 is 9.90 Å². The third kappa shape index (κ3) is 5.30. The number of nitrogens with zero attached hydrogens (tertiary/aromatic N) is 1. The Kier molecular flexibility index (Phi) is 6.08. The Morgan fingerprint density at radius 3 is 2.68 bits per heavy atom. The Hall–Kier alpha value is -1.88. The number of carbonyl (C=O) groups is 1. The summed E-state index contributed by atoms with van der Waals surface area (Å²) in [7, 11) is 0.